The van der Waals surface area contributed by atoms with Crippen molar-refractivity contribution in [3.63, 3.8) is 0 Å². The molecule has 0 spiro atoms. The summed E-state index contributed by atoms with van der Waals surface area (Å²) in [4.78, 5) is 5.11. The van der Waals surface area contributed by atoms with Gasteiger partial charge in [-0.1, -0.05) is 248 Å². The summed E-state index contributed by atoms with van der Waals surface area (Å²) in [5.41, 5.74) is 14.8. The molecule has 0 bridgehead atoms. The summed E-state index contributed by atoms with van der Waals surface area (Å²) in [6, 6.07) is 107. The molecule has 0 aliphatic carbocycles. The number of nitrogens with zero attached hydrogens (tertiary/aromatic N) is 5. The van der Waals surface area contributed by atoms with Gasteiger partial charge in [-0.2, -0.15) is 12.1 Å². The number of fused-ring (bicyclic) bond motifs is 7. The van der Waals surface area contributed by atoms with Crippen LogP contribution in [-0.4, -0.2) is 28.2 Å². The Morgan fingerprint density at radius 3 is 1.61 bits per heavy atom. The molecule has 14 aromatic rings. The molecule has 11 aromatic carbocycles. The Hall–Kier alpha value is -9.74. The number of ether oxygens (including phenoxy) is 1. The van der Waals surface area contributed by atoms with Crippen LogP contribution in [-0.2, 0) is 37.3 Å². The Morgan fingerprint density at radius 2 is 0.989 bits per heavy atom. The summed E-state index contributed by atoms with van der Waals surface area (Å²) in [5, 5.41) is 9.90. The van der Waals surface area contributed by atoms with Crippen LogP contribution in [0.25, 0.3) is 66.2 Å². The molecule has 4 heterocycles. The van der Waals surface area contributed by atoms with E-state index in [1.54, 1.807) is 0 Å². The van der Waals surface area contributed by atoms with Gasteiger partial charge in [-0.05, 0) is 118 Å². The molecule has 0 saturated heterocycles. The smallest absolute Gasteiger partial charge is 0.509 e. The third-order valence-electron chi connectivity index (χ3n) is 18.3. The molecule has 15 rings (SSSR count). The van der Waals surface area contributed by atoms with Crippen molar-refractivity contribution in [3.8, 4) is 34.1 Å². The van der Waals surface area contributed by atoms with Crippen LogP contribution in [0.15, 0.2) is 267 Å². The molecule has 1 aliphatic heterocycles. The third-order valence-corrected chi connectivity index (χ3v) is 23.1. The van der Waals surface area contributed by atoms with Gasteiger partial charge in [0.15, 0.2) is 8.07 Å². The summed E-state index contributed by atoms with van der Waals surface area (Å²) >= 11 is 0. The standard InChI is InChI=1S/C84H71N5OSi.Pt/c1-82(2,3)58-46-47-85-80(52-58)89-77-45-43-69(91(66-30-13-10-14-31-66,67-32-15-11-16-33-67)68-34-17-12-18-35-68)55-74(77)73-44-42-65(54-79(73)89)90-64-29-24-27-61(53-64)86-56-87(63-50-59(83(4,5)6)49-60(51-63)84(7,8)9)81-70(38-25-41-78(81)86)57-26-23-28-62(48-57)88-75-39-21-19-36-71(75)72-37-20-22-40-76(72)88;/h10-52,55H,1-9H3;/q;+2. The summed E-state index contributed by atoms with van der Waals surface area (Å²) in [7, 11) is -2.88. The third kappa shape index (κ3) is 10.4. The van der Waals surface area contributed by atoms with E-state index < -0.39 is 8.07 Å². The van der Waals surface area contributed by atoms with E-state index >= 15 is 0 Å². The molecule has 0 saturated carbocycles. The Kier molecular flexibility index (Phi) is 15.1. The fourth-order valence-corrected chi connectivity index (χ4v) is 18.4. The Bertz CT molecular complexity index is 5070. The Morgan fingerprint density at radius 1 is 0.424 bits per heavy atom. The van der Waals surface area contributed by atoms with E-state index in [1.807, 2.05) is 18.3 Å². The summed E-state index contributed by atoms with van der Waals surface area (Å²) in [5.74, 6) is 1.94. The molecular formula is C84H71N5OPtSi+2. The number of hydrogen-bond acceptors (Lipinski definition) is 2. The monoisotopic (exact) mass is 1390 g/mol. The molecule has 0 N–H and O–H groups in total. The van der Waals surface area contributed by atoms with E-state index in [0.717, 1.165) is 67.2 Å². The molecule has 1 aliphatic rings. The SMILES string of the molecule is CC(C)(C)c1cc([N+]2=C=[N+](c3[c-]c(Oc4[c-]c5c(cc4)c4cc([Si](c6ccccc6)(c6ccccc6)c6ccccc6)ccc4n5-c4cc(C(C)(C)C)ccn4)ccc3)c3cccc(-c4cccc(-n5c6ccccc6c6ccccc65)c4)c32)cc(C(C)(C)C)c1.[Pt+2]. The van der Waals surface area contributed by atoms with Crippen molar-refractivity contribution < 1.29 is 25.8 Å². The van der Waals surface area contributed by atoms with Crippen molar-refractivity contribution in [2.75, 3.05) is 0 Å². The molecule has 0 radical (unpaired) electrons. The summed E-state index contributed by atoms with van der Waals surface area (Å²) < 4.78 is 16.1. The molecule has 8 heteroatoms. The van der Waals surface area contributed by atoms with Gasteiger partial charge >= 0.3 is 32.8 Å². The number of para-hydroxylation sites is 3. The minimum Gasteiger partial charge on any atom is -0.509 e. The minimum atomic E-state index is -2.88. The van der Waals surface area contributed by atoms with Crippen molar-refractivity contribution >= 4 is 101 Å². The maximum Gasteiger partial charge on any atom is 2.00 e. The zero-order valence-corrected chi connectivity index (χ0v) is 56.6. The zero-order chi connectivity index (χ0) is 62.4. The van der Waals surface area contributed by atoms with Gasteiger partial charge in [0.2, 0.25) is 5.69 Å². The van der Waals surface area contributed by atoms with Crippen molar-refractivity contribution in [3.05, 3.63) is 296 Å². The van der Waals surface area contributed by atoms with E-state index in [9.17, 15) is 0 Å². The van der Waals surface area contributed by atoms with Crippen molar-refractivity contribution in [1.29, 1.82) is 0 Å². The Balaban J connectivity index is 0.00000735. The zero-order valence-electron chi connectivity index (χ0n) is 53.4. The minimum absolute atomic E-state index is 0. The number of pyridine rings is 1. The molecule has 3 aromatic heterocycles. The van der Waals surface area contributed by atoms with Gasteiger partial charge in [0.05, 0.1) is 16.6 Å². The Labute approximate surface area is 555 Å². The van der Waals surface area contributed by atoms with Gasteiger partial charge < -0.3 is 13.9 Å². The molecular weight excluding hydrogens is 1320 g/mol. The average Bonchev–Trinajstić information content (AvgIpc) is 1.27. The van der Waals surface area contributed by atoms with Gasteiger partial charge in [0, 0.05) is 57.9 Å². The van der Waals surface area contributed by atoms with Gasteiger partial charge in [-0.3, -0.25) is 0 Å². The van der Waals surface area contributed by atoms with E-state index in [2.05, 4.69) is 347 Å². The number of hydrogen-bond donors (Lipinski definition) is 0. The van der Waals surface area contributed by atoms with Crippen molar-refractivity contribution in [1.82, 2.24) is 23.3 Å². The van der Waals surface area contributed by atoms with Gasteiger partial charge in [0.25, 0.3) is 5.69 Å². The van der Waals surface area contributed by atoms with Crippen LogP contribution in [0.2, 0.25) is 0 Å². The fraction of sp³-hybridized carbons (Fsp3) is 0.143. The van der Waals surface area contributed by atoms with Crippen LogP contribution in [0.5, 0.6) is 11.5 Å². The summed E-state index contributed by atoms with van der Waals surface area (Å²) in [6.07, 6.45) is 1.93. The van der Waals surface area contributed by atoms with Gasteiger partial charge in [0.1, 0.15) is 11.5 Å². The van der Waals surface area contributed by atoms with E-state index in [0.29, 0.717) is 11.5 Å². The normalized spacial score (nSPS) is 12.7. The average molecular weight is 1390 g/mol. The molecule has 0 amide bonds. The fourth-order valence-electron chi connectivity index (χ4n) is 13.6. The second-order valence-corrected chi connectivity index (χ2v) is 31.1. The van der Waals surface area contributed by atoms with Crippen LogP contribution >= 0.6 is 0 Å². The molecule has 0 atom stereocenters. The molecule has 0 unspecified atom stereocenters. The van der Waals surface area contributed by atoms with Crippen LogP contribution in [0.3, 0.4) is 0 Å². The maximum atomic E-state index is 7.00. The number of benzene rings is 11. The first kappa shape index (κ1) is 59.9. The van der Waals surface area contributed by atoms with E-state index in [1.165, 1.54) is 59.2 Å². The molecule has 0 fully saturated rings. The molecule has 6 nitrogen and oxygen atoms in total. The van der Waals surface area contributed by atoms with E-state index in [-0.39, 0.29) is 37.3 Å². The van der Waals surface area contributed by atoms with Crippen molar-refractivity contribution in [2.45, 2.75) is 78.6 Å². The summed E-state index contributed by atoms with van der Waals surface area (Å²) in [6.45, 7) is 20.5. The first-order valence-electron chi connectivity index (χ1n) is 31.6. The maximum absolute atomic E-state index is 7.00. The number of rotatable bonds is 11. The van der Waals surface area contributed by atoms with E-state index in [4.69, 9.17) is 9.72 Å². The predicted octanol–water partition coefficient (Wildman–Crippen LogP) is 18.5. The second-order valence-electron chi connectivity index (χ2n) is 27.3. The molecule has 450 valence electrons. The number of aromatic nitrogens is 3. The van der Waals surface area contributed by atoms with Crippen LogP contribution in [0.1, 0.15) is 79.0 Å². The van der Waals surface area contributed by atoms with Gasteiger partial charge in [-0.15, -0.1) is 23.6 Å². The molecule has 92 heavy (non-hydrogen) atoms. The van der Waals surface area contributed by atoms with Crippen molar-refractivity contribution in [2.24, 2.45) is 0 Å². The first-order chi connectivity index (χ1) is 44.0. The largest absolute Gasteiger partial charge is 2.00 e. The second kappa shape index (κ2) is 23.2. The first-order valence-corrected chi connectivity index (χ1v) is 33.6. The topological polar surface area (TPSA) is 38.0 Å². The quantitative estimate of drug-likeness (QED) is 0.0560. The van der Waals surface area contributed by atoms with Gasteiger partial charge in [-0.25, -0.2) is 4.98 Å². The van der Waals surface area contributed by atoms with Crippen LogP contribution in [0.4, 0.5) is 22.7 Å². The van der Waals surface area contributed by atoms with Crippen LogP contribution < -0.4 is 34.6 Å². The van der Waals surface area contributed by atoms with Crippen LogP contribution in [0, 0.1) is 12.1 Å². The predicted molar refractivity (Wildman–Crippen MR) is 383 cm³/mol.